The lowest BCUT2D eigenvalue weighted by atomic mass is 10.3. The minimum Gasteiger partial charge on any atom is -0.378 e. The number of benzene rings is 1. The number of rotatable bonds is 5. The molecule has 0 bridgehead atoms. The molecule has 4 rings (SSSR count). The van der Waals surface area contributed by atoms with E-state index < -0.39 is 0 Å². The first-order chi connectivity index (χ1) is 13.6. The molecule has 0 atom stereocenters. The van der Waals surface area contributed by atoms with Gasteiger partial charge in [-0.3, -0.25) is 19.1 Å². The monoisotopic (exact) mass is 405 g/mol. The number of ether oxygens (including phenoxy) is 1. The Kier molecular flexibility index (Phi) is 5.58. The Morgan fingerprint density at radius 3 is 2.75 bits per heavy atom. The number of carbonyl (C=O) groups is 2. The van der Waals surface area contributed by atoms with Crippen molar-refractivity contribution in [2.24, 2.45) is 0 Å². The Labute approximate surface area is 165 Å². The number of anilines is 1. The van der Waals surface area contributed by atoms with Crippen LogP contribution in [0.15, 0.2) is 29.4 Å². The largest absolute Gasteiger partial charge is 0.378 e. The van der Waals surface area contributed by atoms with Crippen molar-refractivity contribution in [3.05, 3.63) is 30.1 Å². The van der Waals surface area contributed by atoms with Gasteiger partial charge in [-0.05, 0) is 24.6 Å². The first-order valence-electron chi connectivity index (χ1n) is 9.13. The van der Waals surface area contributed by atoms with Gasteiger partial charge in [-0.15, -0.1) is 10.2 Å². The van der Waals surface area contributed by atoms with Gasteiger partial charge in [-0.25, -0.2) is 4.39 Å². The van der Waals surface area contributed by atoms with Gasteiger partial charge in [0, 0.05) is 26.1 Å². The summed E-state index contributed by atoms with van der Waals surface area (Å²) in [6, 6.07) is 6.17. The minimum atomic E-state index is -0.367. The second-order valence-corrected chi connectivity index (χ2v) is 7.47. The summed E-state index contributed by atoms with van der Waals surface area (Å²) >= 11 is 1.20. The number of thioether (sulfide) groups is 1. The molecule has 1 aromatic carbocycles. The zero-order chi connectivity index (χ0) is 19.5. The third kappa shape index (κ3) is 3.88. The summed E-state index contributed by atoms with van der Waals surface area (Å²) in [5.41, 5.74) is 0.582. The SMILES string of the molecule is O=C1CCCN1C(=O)CSc1nnc(N2CCOCC2)n1-c1cccc(F)c1. The van der Waals surface area contributed by atoms with Gasteiger partial charge in [0.25, 0.3) is 0 Å². The van der Waals surface area contributed by atoms with Crippen LogP contribution in [0, 0.1) is 5.82 Å². The molecular formula is C18H20FN5O3S. The maximum Gasteiger partial charge on any atom is 0.239 e. The second-order valence-electron chi connectivity index (χ2n) is 6.53. The molecular weight excluding hydrogens is 385 g/mol. The van der Waals surface area contributed by atoms with Gasteiger partial charge in [-0.1, -0.05) is 17.8 Å². The summed E-state index contributed by atoms with van der Waals surface area (Å²) in [5, 5.41) is 8.99. The first-order valence-corrected chi connectivity index (χ1v) is 10.1. The van der Waals surface area contributed by atoms with E-state index in [0.29, 0.717) is 62.5 Å². The van der Waals surface area contributed by atoms with Crippen LogP contribution in [0.4, 0.5) is 10.3 Å². The first kappa shape index (κ1) is 18.9. The maximum atomic E-state index is 13.8. The molecule has 2 saturated heterocycles. The van der Waals surface area contributed by atoms with Crippen LogP contribution in [0.3, 0.4) is 0 Å². The molecule has 28 heavy (non-hydrogen) atoms. The number of likely N-dealkylation sites (tertiary alicyclic amines) is 1. The predicted molar refractivity (Wildman–Crippen MR) is 101 cm³/mol. The number of amides is 2. The molecule has 0 radical (unpaired) electrons. The molecule has 2 amide bonds. The quantitative estimate of drug-likeness (QED) is 0.697. The van der Waals surface area contributed by atoms with Gasteiger partial charge < -0.3 is 9.64 Å². The fraction of sp³-hybridized carbons (Fsp3) is 0.444. The number of aromatic nitrogens is 3. The van der Waals surface area contributed by atoms with Crippen molar-refractivity contribution >= 4 is 29.5 Å². The fourth-order valence-electron chi connectivity index (χ4n) is 3.28. The van der Waals surface area contributed by atoms with Crippen LogP contribution < -0.4 is 4.90 Å². The summed E-state index contributed by atoms with van der Waals surface area (Å²) < 4.78 is 21.0. The van der Waals surface area contributed by atoms with E-state index in [2.05, 4.69) is 10.2 Å². The van der Waals surface area contributed by atoms with Crippen LogP contribution >= 0.6 is 11.8 Å². The van der Waals surface area contributed by atoms with Crippen molar-refractivity contribution in [3.8, 4) is 5.69 Å². The van der Waals surface area contributed by atoms with E-state index in [0.717, 1.165) is 0 Å². The summed E-state index contributed by atoms with van der Waals surface area (Å²) in [7, 11) is 0. The molecule has 8 nitrogen and oxygen atoms in total. The predicted octanol–water partition coefficient (Wildman–Crippen LogP) is 1.48. The minimum absolute atomic E-state index is 0.0717. The fourth-order valence-corrected chi connectivity index (χ4v) is 4.10. The average molecular weight is 405 g/mol. The highest BCUT2D eigenvalue weighted by Crippen LogP contribution is 2.28. The molecule has 0 N–H and O–H groups in total. The molecule has 0 aliphatic carbocycles. The molecule has 0 saturated carbocycles. The average Bonchev–Trinajstić information content (AvgIpc) is 3.33. The van der Waals surface area contributed by atoms with Gasteiger partial charge in [0.1, 0.15) is 5.82 Å². The van der Waals surface area contributed by atoms with E-state index in [9.17, 15) is 14.0 Å². The van der Waals surface area contributed by atoms with E-state index in [-0.39, 0.29) is 23.4 Å². The molecule has 10 heteroatoms. The molecule has 0 spiro atoms. The lowest BCUT2D eigenvalue weighted by molar-refractivity contribution is -0.140. The Morgan fingerprint density at radius 1 is 1.21 bits per heavy atom. The van der Waals surface area contributed by atoms with Crippen LogP contribution in [0.5, 0.6) is 0 Å². The Morgan fingerprint density at radius 2 is 2.04 bits per heavy atom. The summed E-state index contributed by atoms with van der Waals surface area (Å²) in [4.78, 5) is 27.5. The van der Waals surface area contributed by atoms with E-state index in [1.165, 1.54) is 28.8 Å². The third-order valence-electron chi connectivity index (χ3n) is 4.68. The van der Waals surface area contributed by atoms with Crippen LogP contribution in [0.1, 0.15) is 12.8 Å². The summed E-state index contributed by atoms with van der Waals surface area (Å²) in [6.45, 7) is 2.93. The Balaban J connectivity index is 1.60. The molecule has 148 valence electrons. The van der Waals surface area contributed by atoms with Crippen molar-refractivity contribution in [2.75, 3.05) is 43.5 Å². The summed E-state index contributed by atoms with van der Waals surface area (Å²) in [6.07, 6.45) is 1.12. The van der Waals surface area contributed by atoms with Crippen LogP contribution in [0.2, 0.25) is 0 Å². The zero-order valence-corrected chi connectivity index (χ0v) is 16.0. The van der Waals surface area contributed by atoms with Crippen molar-refractivity contribution in [3.63, 3.8) is 0 Å². The number of morpholine rings is 1. The van der Waals surface area contributed by atoms with Gasteiger partial charge in [0.2, 0.25) is 17.8 Å². The van der Waals surface area contributed by atoms with Crippen LogP contribution in [-0.2, 0) is 14.3 Å². The second kappa shape index (κ2) is 8.27. The lowest BCUT2D eigenvalue weighted by Crippen LogP contribution is -2.38. The Hall–Kier alpha value is -2.46. The van der Waals surface area contributed by atoms with Crippen molar-refractivity contribution in [1.82, 2.24) is 19.7 Å². The van der Waals surface area contributed by atoms with E-state index in [1.54, 1.807) is 16.7 Å². The van der Waals surface area contributed by atoms with Gasteiger partial charge in [0.15, 0.2) is 5.16 Å². The number of hydrogen-bond donors (Lipinski definition) is 0. The number of nitrogens with zero attached hydrogens (tertiary/aromatic N) is 5. The number of imide groups is 1. The topological polar surface area (TPSA) is 80.6 Å². The van der Waals surface area contributed by atoms with E-state index in [4.69, 9.17) is 4.74 Å². The summed E-state index contributed by atoms with van der Waals surface area (Å²) in [5.74, 6) is -0.0854. The smallest absolute Gasteiger partial charge is 0.239 e. The molecule has 2 aliphatic heterocycles. The third-order valence-corrected chi connectivity index (χ3v) is 5.59. The van der Waals surface area contributed by atoms with Crippen LogP contribution in [0.25, 0.3) is 5.69 Å². The van der Waals surface area contributed by atoms with Gasteiger partial charge in [0.05, 0.1) is 24.7 Å². The van der Waals surface area contributed by atoms with Gasteiger partial charge >= 0.3 is 0 Å². The molecule has 2 aliphatic rings. The Bertz CT molecular complexity index is 884. The standard InChI is InChI=1S/C18H20FN5O3S/c19-13-3-1-4-14(11-13)24-17(22-7-9-27-10-8-22)20-21-18(24)28-12-16(26)23-6-2-5-15(23)25/h1,3-4,11H,2,5-10,12H2. The number of carbonyl (C=O) groups excluding carboxylic acids is 2. The number of hydrogen-bond acceptors (Lipinski definition) is 7. The van der Waals surface area contributed by atoms with Crippen molar-refractivity contribution < 1.29 is 18.7 Å². The van der Waals surface area contributed by atoms with Crippen LogP contribution in [-0.4, -0.2) is 70.1 Å². The highest BCUT2D eigenvalue weighted by atomic mass is 32.2. The number of halogens is 1. The van der Waals surface area contributed by atoms with E-state index >= 15 is 0 Å². The molecule has 3 heterocycles. The van der Waals surface area contributed by atoms with Gasteiger partial charge in [-0.2, -0.15) is 0 Å². The normalized spacial score (nSPS) is 17.4. The molecule has 2 aromatic rings. The molecule has 1 aromatic heterocycles. The highest BCUT2D eigenvalue weighted by molar-refractivity contribution is 7.99. The lowest BCUT2D eigenvalue weighted by Gasteiger charge is -2.27. The van der Waals surface area contributed by atoms with E-state index in [1.807, 2.05) is 4.90 Å². The molecule has 0 unspecified atom stereocenters. The van der Waals surface area contributed by atoms with Crippen molar-refractivity contribution in [2.45, 2.75) is 18.0 Å². The zero-order valence-electron chi connectivity index (χ0n) is 15.2. The maximum absolute atomic E-state index is 13.8. The highest BCUT2D eigenvalue weighted by Gasteiger charge is 2.28. The molecule has 2 fully saturated rings. The van der Waals surface area contributed by atoms with Crippen molar-refractivity contribution in [1.29, 1.82) is 0 Å².